The molecule has 0 bridgehead atoms. The second kappa shape index (κ2) is 19.7. The number of benzene rings is 2. The highest BCUT2D eigenvalue weighted by molar-refractivity contribution is 6.12. The van der Waals surface area contributed by atoms with Crippen molar-refractivity contribution in [1.29, 1.82) is 0 Å². The average molecular weight is 833 g/mol. The molecule has 2 heterocycles. The summed E-state index contributed by atoms with van der Waals surface area (Å²) in [5.41, 5.74) is 6.82. The van der Waals surface area contributed by atoms with Crippen molar-refractivity contribution >= 4 is 35.5 Å². The molecular weight excluding hydrogens is 787 g/mol. The molecule has 5 N–H and O–H groups in total. The predicted octanol–water partition coefficient (Wildman–Crippen LogP) is 3.48. The largest absolute Gasteiger partial charge is 0.493 e. The van der Waals surface area contributed by atoms with Crippen LogP contribution < -0.4 is 16.4 Å². The summed E-state index contributed by atoms with van der Waals surface area (Å²) in [6.07, 6.45) is -4.97. The van der Waals surface area contributed by atoms with Crippen LogP contribution in [0.1, 0.15) is 57.2 Å². The fraction of sp³-hybridized carbons (Fsp3) is 0.400. The van der Waals surface area contributed by atoms with Crippen molar-refractivity contribution in [2.24, 2.45) is 11.1 Å². The Morgan fingerprint density at radius 3 is 2.20 bits per heavy atom. The van der Waals surface area contributed by atoms with Gasteiger partial charge >= 0.3 is 12.1 Å². The van der Waals surface area contributed by atoms with Crippen LogP contribution in [-0.2, 0) is 40.1 Å². The molecule has 3 atom stereocenters. The average Bonchev–Trinajstić information content (AvgIpc) is 3.71. The third kappa shape index (κ3) is 12.8. The number of nitrogens with zero attached hydrogens (tertiary/aromatic N) is 3. The highest BCUT2D eigenvalue weighted by atomic mass is 19.4. The molecule has 1 aliphatic rings. The van der Waals surface area contributed by atoms with Gasteiger partial charge in [-0.3, -0.25) is 28.9 Å². The number of hydrogen-bond acceptors (Lipinski definition) is 9. The molecule has 0 radical (unpaired) electrons. The number of nitrogens with two attached hydrogens (primary N) is 1. The molecule has 0 aliphatic carbocycles. The molecule has 3 aromatic rings. The molecule has 4 rings (SSSR count). The van der Waals surface area contributed by atoms with Crippen LogP contribution in [0.15, 0.2) is 72.9 Å². The Hall–Kier alpha value is -5.95. The van der Waals surface area contributed by atoms with Crippen molar-refractivity contribution in [2.45, 2.75) is 70.8 Å². The van der Waals surface area contributed by atoms with Gasteiger partial charge in [0.2, 0.25) is 11.8 Å². The molecule has 1 aromatic heterocycles. The monoisotopic (exact) mass is 832 g/mol. The summed E-state index contributed by atoms with van der Waals surface area (Å²) < 4.78 is 70.1. The number of aromatic nitrogens is 1. The Morgan fingerprint density at radius 2 is 1.58 bits per heavy atom. The Bertz CT molecular complexity index is 2030. The summed E-state index contributed by atoms with van der Waals surface area (Å²) in [6, 6.07) is 12.6. The van der Waals surface area contributed by atoms with Gasteiger partial charge in [-0.05, 0) is 41.7 Å². The highest BCUT2D eigenvalue weighted by Gasteiger charge is 2.44. The third-order valence-electron chi connectivity index (χ3n) is 9.24. The quantitative estimate of drug-likeness (QED) is 0.0896. The molecule has 2 aromatic carbocycles. The van der Waals surface area contributed by atoms with Crippen molar-refractivity contribution in [3.63, 3.8) is 0 Å². The van der Waals surface area contributed by atoms with Crippen LogP contribution >= 0.6 is 0 Å². The van der Waals surface area contributed by atoms with Crippen molar-refractivity contribution in [1.82, 2.24) is 25.2 Å². The van der Waals surface area contributed by atoms with E-state index in [9.17, 15) is 55.8 Å². The first-order valence-electron chi connectivity index (χ1n) is 18.5. The number of rotatable bonds is 17. The number of amides is 5. The van der Waals surface area contributed by atoms with Gasteiger partial charge in [0, 0.05) is 86.2 Å². The van der Waals surface area contributed by atoms with E-state index >= 15 is 0 Å². The summed E-state index contributed by atoms with van der Waals surface area (Å²) in [4.78, 5) is 78.7. The predicted molar refractivity (Wildman–Crippen MR) is 201 cm³/mol. The van der Waals surface area contributed by atoms with E-state index in [1.165, 1.54) is 0 Å². The minimum Gasteiger partial charge on any atom is -0.383 e. The van der Waals surface area contributed by atoms with Crippen LogP contribution in [0.25, 0.3) is 11.1 Å². The minimum absolute atomic E-state index is 0.0290. The molecule has 5 amide bonds. The zero-order valence-corrected chi connectivity index (χ0v) is 32.4. The van der Waals surface area contributed by atoms with E-state index in [0.717, 1.165) is 40.8 Å². The lowest BCUT2D eigenvalue weighted by Crippen LogP contribution is -2.47. The van der Waals surface area contributed by atoms with Crippen LogP contribution in [0.2, 0.25) is 0 Å². The number of nitrogens with one attached hydrogen (secondary N) is 2. The molecule has 59 heavy (non-hydrogen) atoms. The fourth-order valence-electron chi connectivity index (χ4n) is 6.33. The Morgan fingerprint density at radius 1 is 0.915 bits per heavy atom. The van der Waals surface area contributed by atoms with Gasteiger partial charge < -0.3 is 30.9 Å². The zero-order chi connectivity index (χ0) is 43.7. The van der Waals surface area contributed by atoms with Gasteiger partial charge in [0.25, 0.3) is 17.7 Å². The lowest BCUT2D eigenvalue weighted by molar-refractivity contribution is -0.237. The lowest BCUT2D eigenvalue weighted by atomic mass is 9.74. The lowest BCUT2D eigenvalue weighted by Gasteiger charge is -2.35. The summed E-state index contributed by atoms with van der Waals surface area (Å²) in [6.45, 7) is 4.22. The Kier molecular flexibility index (Phi) is 15.2. The number of hydroxylamine groups is 2. The first-order valence-corrected chi connectivity index (χ1v) is 18.5. The number of carbonyl (C=O) groups is 6. The molecule has 0 unspecified atom stereocenters. The maximum atomic E-state index is 14.9. The minimum atomic E-state index is -5.49. The first-order chi connectivity index (χ1) is 27.6. The highest BCUT2D eigenvalue weighted by Crippen LogP contribution is 2.41. The van der Waals surface area contributed by atoms with Gasteiger partial charge in [-0.2, -0.15) is 18.2 Å². The summed E-state index contributed by atoms with van der Waals surface area (Å²) in [5.74, 6) is -8.98. The number of alkyl halides is 3. The van der Waals surface area contributed by atoms with E-state index in [-0.39, 0.29) is 43.2 Å². The number of hydrogen-bond donors (Lipinski definition) is 4. The summed E-state index contributed by atoms with van der Waals surface area (Å²) in [7, 11) is 0. The van der Waals surface area contributed by atoms with Crippen molar-refractivity contribution < 1.29 is 60.7 Å². The van der Waals surface area contributed by atoms with Gasteiger partial charge in [0.15, 0.2) is 0 Å². The maximum absolute atomic E-state index is 14.9. The van der Waals surface area contributed by atoms with E-state index in [4.69, 9.17) is 5.73 Å². The van der Waals surface area contributed by atoms with E-state index in [0.29, 0.717) is 11.3 Å². The van der Waals surface area contributed by atoms with Gasteiger partial charge in [0.1, 0.15) is 17.7 Å². The molecule has 0 saturated heterocycles. The SMILES string of the molecule is CC(C)(C)[C@H](c1cc(-c2cc(F)ccc2F)cn1Cc1ccccc1)[C@H](O)C(=O)NCC[C@H](N)CN(OC(=O)C(F)(F)F)C(=O)CCC(=O)NCCN1C(=O)C=CC1=O. The van der Waals surface area contributed by atoms with Gasteiger partial charge in [-0.25, -0.2) is 13.6 Å². The molecule has 14 nitrogen and oxygen atoms in total. The van der Waals surface area contributed by atoms with Crippen molar-refractivity contribution in [3.8, 4) is 11.1 Å². The van der Waals surface area contributed by atoms with Crippen LogP contribution in [0.4, 0.5) is 22.0 Å². The molecular formula is C40H45F5N6O8. The summed E-state index contributed by atoms with van der Waals surface area (Å²) >= 11 is 0. The number of aliphatic hydroxyl groups is 1. The second-order valence-electron chi connectivity index (χ2n) is 14.9. The number of halogens is 5. The fourth-order valence-corrected chi connectivity index (χ4v) is 6.33. The molecule has 1 aliphatic heterocycles. The number of aliphatic hydroxyl groups excluding tert-OH is 1. The Balaban J connectivity index is 1.41. The molecule has 19 heteroatoms. The van der Waals surface area contributed by atoms with E-state index in [1.807, 2.05) is 30.3 Å². The van der Waals surface area contributed by atoms with Crippen molar-refractivity contribution in [3.05, 3.63) is 95.8 Å². The smallest absolute Gasteiger partial charge is 0.383 e. The van der Waals surface area contributed by atoms with Crippen LogP contribution in [0, 0.1) is 17.0 Å². The van der Waals surface area contributed by atoms with E-state index < -0.39 is 96.2 Å². The molecule has 0 fully saturated rings. The second-order valence-corrected chi connectivity index (χ2v) is 14.9. The van der Waals surface area contributed by atoms with Crippen LogP contribution in [0.5, 0.6) is 0 Å². The zero-order valence-electron chi connectivity index (χ0n) is 32.4. The topological polar surface area (TPSA) is 193 Å². The maximum Gasteiger partial charge on any atom is 0.493 e. The molecule has 0 saturated carbocycles. The van der Waals surface area contributed by atoms with Crippen LogP contribution in [-0.4, -0.2) is 99.6 Å². The van der Waals surface area contributed by atoms with Gasteiger partial charge in [-0.1, -0.05) is 51.1 Å². The number of carbonyl (C=O) groups excluding carboxylic acids is 6. The van der Waals surface area contributed by atoms with Gasteiger partial charge in [-0.15, -0.1) is 0 Å². The Labute approximate surface area is 336 Å². The van der Waals surface area contributed by atoms with E-state index in [1.54, 1.807) is 37.6 Å². The van der Waals surface area contributed by atoms with Crippen molar-refractivity contribution in [2.75, 3.05) is 26.2 Å². The standard InChI is InChI=1S/C40H45F5N6O8/c1-39(2,3)35(30-19-25(28-20-26(41)9-10-29(28)42)22-49(30)21-24-7-5-4-6-8-24)36(56)37(57)48-16-15-27(46)23-51(59-38(58)40(43,44)45)34(55)12-11-31(52)47-17-18-50-32(53)13-14-33(50)54/h4-10,13-14,19-20,22,27,35-36,56H,11-12,15-18,21,23,46H2,1-3H3,(H,47,52)(H,48,57)/t27-,35+,36-/m0/s1. The molecule has 0 spiro atoms. The first kappa shape index (κ1) is 45.7. The van der Waals surface area contributed by atoms with Crippen LogP contribution in [0.3, 0.4) is 0 Å². The normalized spacial score (nSPS) is 14.5. The number of imide groups is 1. The van der Waals surface area contributed by atoms with E-state index in [2.05, 4.69) is 15.5 Å². The third-order valence-corrected chi connectivity index (χ3v) is 9.24. The van der Waals surface area contributed by atoms with Gasteiger partial charge in [0.05, 0.1) is 6.54 Å². The summed E-state index contributed by atoms with van der Waals surface area (Å²) in [5, 5.41) is 16.5. The molecule has 318 valence electrons.